The topological polar surface area (TPSA) is 43.2 Å². The fourth-order valence-corrected chi connectivity index (χ4v) is 4.98. The van der Waals surface area contributed by atoms with Crippen LogP contribution in [-0.2, 0) is 13.0 Å². The summed E-state index contributed by atoms with van der Waals surface area (Å²) in [5, 5.41) is 0. The highest BCUT2D eigenvalue weighted by molar-refractivity contribution is 5.79. The molecular weight excluding hydrogens is 439 g/mol. The van der Waals surface area contributed by atoms with Gasteiger partial charge in [0.2, 0.25) is 0 Å². The van der Waals surface area contributed by atoms with Crippen LogP contribution in [0.3, 0.4) is 0 Å². The first-order valence-corrected chi connectivity index (χ1v) is 12.2. The second kappa shape index (κ2) is 10.0. The van der Waals surface area contributed by atoms with Gasteiger partial charge in [0.05, 0.1) is 18.5 Å². The fraction of sp³-hybridized carbons (Fsp3) is 0.310. The third-order valence-corrected chi connectivity index (χ3v) is 6.82. The van der Waals surface area contributed by atoms with Gasteiger partial charge in [-0.25, -0.2) is 9.37 Å². The SMILES string of the molecule is COc1cccc(CN(C[C@@H]2CCc3nc(-c4ccc(F)cc4)c(-c4ccncc4)n32)C(C)C)c1. The Morgan fingerprint density at radius 3 is 2.54 bits per heavy atom. The van der Waals surface area contributed by atoms with Crippen molar-refractivity contribution in [2.24, 2.45) is 0 Å². The van der Waals surface area contributed by atoms with Crippen LogP contribution < -0.4 is 4.74 Å². The summed E-state index contributed by atoms with van der Waals surface area (Å²) < 4.78 is 21.5. The zero-order valence-corrected chi connectivity index (χ0v) is 20.5. The Hall–Kier alpha value is -3.51. The third kappa shape index (κ3) is 4.84. The summed E-state index contributed by atoms with van der Waals surface area (Å²) in [4.78, 5) is 11.8. The molecule has 1 atom stereocenters. The molecule has 1 aliphatic rings. The second-order valence-electron chi connectivity index (χ2n) is 9.41. The van der Waals surface area contributed by atoms with Gasteiger partial charge in [-0.15, -0.1) is 0 Å². The number of aromatic nitrogens is 3. The van der Waals surface area contributed by atoms with Gasteiger partial charge < -0.3 is 9.30 Å². The van der Waals surface area contributed by atoms with E-state index in [2.05, 4.69) is 40.4 Å². The zero-order chi connectivity index (χ0) is 24.4. The summed E-state index contributed by atoms with van der Waals surface area (Å²) in [5.74, 6) is 1.73. The normalized spacial score (nSPS) is 15.1. The maximum atomic E-state index is 13.6. The van der Waals surface area contributed by atoms with Crippen molar-refractivity contribution in [3.63, 3.8) is 0 Å². The summed E-state index contributed by atoms with van der Waals surface area (Å²) >= 11 is 0. The van der Waals surface area contributed by atoms with E-state index in [9.17, 15) is 4.39 Å². The van der Waals surface area contributed by atoms with Crippen LogP contribution in [0.15, 0.2) is 73.1 Å². The lowest BCUT2D eigenvalue weighted by Gasteiger charge is -2.31. The molecule has 1 aliphatic heterocycles. The third-order valence-electron chi connectivity index (χ3n) is 6.82. The predicted molar refractivity (Wildman–Crippen MR) is 137 cm³/mol. The number of nitrogens with zero attached hydrogens (tertiary/aromatic N) is 4. The summed E-state index contributed by atoms with van der Waals surface area (Å²) in [7, 11) is 1.71. The molecule has 0 saturated carbocycles. The lowest BCUT2D eigenvalue weighted by Crippen LogP contribution is -2.35. The molecule has 0 radical (unpaired) electrons. The molecule has 35 heavy (non-hydrogen) atoms. The standard InChI is InChI=1S/C29H31FN4O/c1-20(2)33(18-21-5-4-6-26(17-21)35-3)19-25-11-12-27-32-28(22-7-9-24(30)10-8-22)29(34(25)27)23-13-15-31-16-14-23/h4-10,13-17,20,25H,11-12,18-19H2,1-3H3/t25-/m0/s1. The van der Waals surface area contributed by atoms with Crippen LogP contribution in [0, 0.1) is 5.82 Å². The first-order chi connectivity index (χ1) is 17.0. The minimum absolute atomic E-state index is 0.242. The molecule has 0 unspecified atom stereocenters. The number of imidazole rings is 1. The highest BCUT2D eigenvalue weighted by atomic mass is 19.1. The van der Waals surface area contributed by atoms with Crippen LogP contribution in [0.2, 0.25) is 0 Å². The molecule has 5 rings (SSSR count). The monoisotopic (exact) mass is 470 g/mol. The summed E-state index contributed by atoms with van der Waals surface area (Å²) in [6.45, 7) is 6.26. The van der Waals surface area contributed by atoms with E-state index < -0.39 is 0 Å². The van der Waals surface area contributed by atoms with Crippen molar-refractivity contribution in [1.29, 1.82) is 0 Å². The Kier molecular flexibility index (Phi) is 6.64. The van der Waals surface area contributed by atoms with Crippen molar-refractivity contribution in [3.05, 3.63) is 90.3 Å². The zero-order valence-electron chi connectivity index (χ0n) is 20.5. The van der Waals surface area contributed by atoms with Crippen molar-refractivity contribution in [1.82, 2.24) is 19.4 Å². The molecule has 0 spiro atoms. The minimum atomic E-state index is -0.242. The van der Waals surface area contributed by atoms with Gasteiger partial charge in [0, 0.05) is 55.1 Å². The van der Waals surface area contributed by atoms with E-state index in [0.717, 1.165) is 60.0 Å². The molecule has 0 N–H and O–H groups in total. The van der Waals surface area contributed by atoms with E-state index in [-0.39, 0.29) is 5.82 Å². The largest absolute Gasteiger partial charge is 0.497 e. The Bertz CT molecular complexity index is 1280. The van der Waals surface area contributed by atoms with E-state index in [1.165, 1.54) is 17.7 Å². The molecule has 0 saturated heterocycles. The second-order valence-corrected chi connectivity index (χ2v) is 9.41. The van der Waals surface area contributed by atoms with Crippen LogP contribution in [-0.4, -0.2) is 39.1 Å². The summed E-state index contributed by atoms with van der Waals surface area (Å²) in [6, 6.07) is 19.7. The molecular formula is C29H31FN4O. The molecule has 5 nitrogen and oxygen atoms in total. The number of ether oxygens (including phenoxy) is 1. The van der Waals surface area contributed by atoms with Gasteiger partial charge in [0.1, 0.15) is 17.4 Å². The fourth-order valence-electron chi connectivity index (χ4n) is 4.98. The Labute approximate surface area is 206 Å². The van der Waals surface area contributed by atoms with Crippen molar-refractivity contribution in [3.8, 4) is 28.3 Å². The number of aryl methyl sites for hydroxylation is 1. The van der Waals surface area contributed by atoms with Crippen molar-refractivity contribution < 1.29 is 9.13 Å². The molecule has 2 aromatic carbocycles. The molecule has 3 heterocycles. The number of halogens is 1. The molecule has 6 heteroatoms. The van der Waals surface area contributed by atoms with E-state index in [1.54, 1.807) is 7.11 Å². The summed E-state index contributed by atoms with van der Waals surface area (Å²) in [5.41, 5.74) is 5.23. The number of fused-ring (bicyclic) bond motifs is 1. The molecule has 4 aromatic rings. The van der Waals surface area contributed by atoms with Crippen molar-refractivity contribution >= 4 is 0 Å². The van der Waals surface area contributed by atoms with Gasteiger partial charge in [-0.1, -0.05) is 12.1 Å². The first kappa shape index (κ1) is 23.2. The lowest BCUT2D eigenvalue weighted by atomic mass is 10.0. The Morgan fingerprint density at radius 1 is 1.06 bits per heavy atom. The Morgan fingerprint density at radius 2 is 1.83 bits per heavy atom. The van der Waals surface area contributed by atoms with Crippen LogP contribution in [0.4, 0.5) is 4.39 Å². The van der Waals surface area contributed by atoms with Crippen LogP contribution >= 0.6 is 0 Å². The molecule has 180 valence electrons. The van der Waals surface area contributed by atoms with Crippen LogP contribution in [0.25, 0.3) is 22.5 Å². The van der Waals surface area contributed by atoms with Gasteiger partial charge in [0.25, 0.3) is 0 Å². The quantitative estimate of drug-likeness (QED) is 0.309. The number of rotatable bonds is 8. The van der Waals surface area contributed by atoms with E-state index in [0.29, 0.717) is 12.1 Å². The van der Waals surface area contributed by atoms with Gasteiger partial charge >= 0.3 is 0 Å². The number of methoxy groups -OCH3 is 1. The number of benzene rings is 2. The highest BCUT2D eigenvalue weighted by Gasteiger charge is 2.31. The predicted octanol–water partition coefficient (Wildman–Crippen LogP) is 6.16. The minimum Gasteiger partial charge on any atom is -0.497 e. The average Bonchev–Trinajstić information content (AvgIpc) is 3.44. The maximum Gasteiger partial charge on any atom is 0.123 e. The number of hydrogen-bond donors (Lipinski definition) is 0. The number of pyridine rings is 1. The van der Waals surface area contributed by atoms with E-state index in [4.69, 9.17) is 9.72 Å². The smallest absolute Gasteiger partial charge is 0.123 e. The van der Waals surface area contributed by atoms with Crippen molar-refractivity contribution in [2.75, 3.05) is 13.7 Å². The van der Waals surface area contributed by atoms with Gasteiger partial charge in [-0.05, 0) is 74.4 Å². The van der Waals surface area contributed by atoms with E-state index >= 15 is 0 Å². The number of hydrogen-bond acceptors (Lipinski definition) is 4. The molecule has 0 amide bonds. The molecule has 2 aromatic heterocycles. The first-order valence-electron chi connectivity index (χ1n) is 12.2. The van der Waals surface area contributed by atoms with Gasteiger partial charge in [0.15, 0.2) is 0 Å². The highest BCUT2D eigenvalue weighted by Crippen LogP contribution is 2.40. The van der Waals surface area contributed by atoms with E-state index in [1.807, 2.05) is 48.8 Å². The van der Waals surface area contributed by atoms with Gasteiger partial charge in [-0.3, -0.25) is 9.88 Å². The van der Waals surface area contributed by atoms with Gasteiger partial charge in [-0.2, -0.15) is 0 Å². The molecule has 0 aliphatic carbocycles. The van der Waals surface area contributed by atoms with Crippen LogP contribution in [0.1, 0.15) is 37.7 Å². The van der Waals surface area contributed by atoms with Crippen molar-refractivity contribution in [2.45, 2.75) is 45.3 Å². The average molecular weight is 471 g/mol. The molecule has 0 bridgehead atoms. The lowest BCUT2D eigenvalue weighted by molar-refractivity contribution is 0.182. The Balaban J connectivity index is 1.51. The maximum absolute atomic E-state index is 13.6. The molecule has 0 fully saturated rings. The summed E-state index contributed by atoms with van der Waals surface area (Å²) in [6.07, 6.45) is 5.61. The van der Waals surface area contributed by atoms with Crippen LogP contribution in [0.5, 0.6) is 5.75 Å².